The Kier molecular flexibility index (Phi) is 32.5. The van der Waals surface area contributed by atoms with Gasteiger partial charge in [-0.05, 0) is 6.42 Å². The number of carbonyl (C=O) groups excluding carboxylic acids is 1. The van der Waals surface area contributed by atoms with Crippen molar-refractivity contribution in [1.82, 2.24) is 0 Å². The molecule has 0 amide bonds. The number of aliphatic hydroxyl groups is 2. The molecule has 0 aromatic rings. The minimum absolute atomic E-state index is 0. The molecule has 0 aliphatic heterocycles. The fourth-order valence-electron chi connectivity index (χ4n) is 1.89. The van der Waals surface area contributed by atoms with Gasteiger partial charge in [0.2, 0.25) is 0 Å². The fourth-order valence-corrected chi connectivity index (χ4v) is 1.89. The van der Waals surface area contributed by atoms with Crippen LogP contribution in [-0.4, -0.2) is 53.0 Å². The van der Waals surface area contributed by atoms with Crippen LogP contribution >= 0.6 is 0 Å². The summed E-state index contributed by atoms with van der Waals surface area (Å²) in [6.07, 6.45) is 10.4. The van der Waals surface area contributed by atoms with Gasteiger partial charge in [-0.3, -0.25) is 13.2 Å². The molecule has 0 fully saturated rings. The summed E-state index contributed by atoms with van der Waals surface area (Å²) in [6, 6.07) is 0. The molecule has 0 radical (unpaired) electrons. The Morgan fingerprint density at radius 2 is 1.35 bits per heavy atom. The Labute approximate surface area is 201 Å². The zero-order valence-electron chi connectivity index (χ0n) is 16.3. The maximum atomic E-state index is 11.3. The summed E-state index contributed by atoms with van der Waals surface area (Å²) in [5.41, 5.74) is 0. The van der Waals surface area contributed by atoms with Crippen LogP contribution in [0, 0.1) is 0 Å². The number of hydrogen-bond donors (Lipinski definition) is 2. The second-order valence-electron chi connectivity index (χ2n) is 5.51. The Morgan fingerprint density at radius 1 is 0.962 bits per heavy atom. The summed E-state index contributed by atoms with van der Waals surface area (Å²) >= 11 is 0. The molecule has 0 saturated heterocycles. The van der Waals surface area contributed by atoms with Gasteiger partial charge in [0.15, 0.2) is 0 Å². The third-order valence-corrected chi connectivity index (χ3v) is 3.13. The quantitative estimate of drug-likeness (QED) is 0.100. The maximum absolute atomic E-state index is 11.3. The molecule has 0 aliphatic carbocycles. The standard InChI is InChI=1S/C15H30O4.2Na.H2O4S/c1-2-3-4-5-6-7-8-9-10-11-15(18)19-13-14(17)12-16;;;1-5(2,3)4/h14,16-17H,2-13H2,1H3;;;(H2,1,2,3,4)/q;2*+1;/p-2. The van der Waals surface area contributed by atoms with Crippen molar-refractivity contribution in [2.75, 3.05) is 13.2 Å². The average Bonchev–Trinajstić information content (AvgIpc) is 2.49. The summed E-state index contributed by atoms with van der Waals surface area (Å²) in [5, 5.41) is 17.6. The first kappa shape index (κ1) is 34.7. The van der Waals surface area contributed by atoms with E-state index >= 15 is 0 Å². The van der Waals surface area contributed by atoms with Crippen LogP contribution in [0.2, 0.25) is 0 Å². The van der Waals surface area contributed by atoms with Crippen molar-refractivity contribution in [1.29, 1.82) is 0 Å². The van der Waals surface area contributed by atoms with Crippen molar-refractivity contribution in [3.8, 4) is 0 Å². The first-order valence-corrected chi connectivity index (χ1v) is 9.65. The van der Waals surface area contributed by atoms with Gasteiger partial charge in [-0.25, -0.2) is 0 Å². The van der Waals surface area contributed by atoms with E-state index in [0.717, 1.165) is 12.8 Å². The topological polar surface area (TPSA) is 147 Å². The number of esters is 1. The minimum atomic E-state index is -5.17. The molecule has 1 unspecified atom stereocenters. The van der Waals surface area contributed by atoms with Crippen molar-refractivity contribution in [2.24, 2.45) is 0 Å². The van der Waals surface area contributed by atoms with E-state index in [-0.39, 0.29) is 78.3 Å². The third-order valence-electron chi connectivity index (χ3n) is 3.13. The first-order chi connectivity index (χ1) is 11.2. The molecule has 0 saturated carbocycles. The number of hydrogen-bond acceptors (Lipinski definition) is 8. The van der Waals surface area contributed by atoms with Crippen molar-refractivity contribution >= 4 is 16.4 Å². The molecule has 0 aliphatic rings. The van der Waals surface area contributed by atoms with Gasteiger partial charge in [0.25, 0.3) is 0 Å². The molecule has 1 atom stereocenters. The SMILES string of the molecule is CCCCCCCCCCCC(=O)OCC(O)CO.O=S(=O)([O-])[O-].[Na+].[Na+]. The van der Waals surface area contributed by atoms with Crippen LogP contribution in [0.4, 0.5) is 0 Å². The largest absolute Gasteiger partial charge is 1.00 e. The van der Waals surface area contributed by atoms with Crippen LogP contribution in [0.25, 0.3) is 0 Å². The smallest absolute Gasteiger partial charge is 0.759 e. The second-order valence-corrected chi connectivity index (χ2v) is 6.32. The molecular formula is C15H30Na2O8S. The van der Waals surface area contributed by atoms with Gasteiger partial charge in [-0.2, -0.15) is 0 Å². The van der Waals surface area contributed by atoms with Gasteiger partial charge in [0.05, 0.1) is 6.61 Å². The van der Waals surface area contributed by atoms with E-state index in [4.69, 9.17) is 32.5 Å². The molecular weight excluding hydrogens is 386 g/mol. The van der Waals surface area contributed by atoms with Crippen LogP contribution in [0.5, 0.6) is 0 Å². The van der Waals surface area contributed by atoms with Crippen molar-refractivity contribution in [3.63, 3.8) is 0 Å². The molecule has 0 aromatic heterocycles. The number of unbranched alkanes of at least 4 members (excludes halogenated alkanes) is 8. The molecule has 0 heterocycles. The van der Waals surface area contributed by atoms with E-state index in [0.29, 0.717) is 6.42 Å². The van der Waals surface area contributed by atoms with Gasteiger partial charge in [-0.1, -0.05) is 58.3 Å². The maximum Gasteiger partial charge on any atom is 1.00 e. The third kappa shape index (κ3) is 40.1. The van der Waals surface area contributed by atoms with Crippen molar-refractivity contribution in [3.05, 3.63) is 0 Å². The van der Waals surface area contributed by atoms with Crippen molar-refractivity contribution < 1.29 is 96.4 Å². The van der Waals surface area contributed by atoms with E-state index in [1.807, 2.05) is 0 Å². The Morgan fingerprint density at radius 3 is 1.73 bits per heavy atom. The van der Waals surface area contributed by atoms with Gasteiger partial charge < -0.3 is 24.1 Å². The van der Waals surface area contributed by atoms with Gasteiger partial charge in [0, 0.05) is 16.8 Å². The van der Waals surface area contributed by atoms with Gasteiger partial charge >= 0.3 is 65.1 Å². The Bertz CT molecular complexity index is 385. The molecule has 146 valence electrons. The number of carbonyl (C=O) groups is 1. The molecule has 0 aromatic carbocycles. The minimum Gasteiger partial charge on any atom is -0.759 e. The normalized spacial score (nSPS) is 11.3. The average molecular weight is 416 g/mol. The van der Waals surface area contributed by atoms with Gasteiger partial charge in [0.1, 0.15) is 12.7 Å². The van der Waals surface area contributed by atoms with Crippen molar-refractivity contribution in [2.45, 2.75) is 77.2 Å². The van der Waals surface area contributed by atoms with Crippen LogP contribution in [0.1, 0.15) is 71.1 Å². The monoisotopic (exact) mass is 416 g/mol. The zero-order valence-corrected chi connectivity index (χ0v) is 21.1. The molecule has 26 heavy (non-hydrogen) atoms. The number of ether oxygens (including phenoxy) is 1. The summed E-state index contributed by atoms with van der Waals surface area (Å²) < 4.78 is 38.9. The summed E-state index contributed by atoms with van der Waals surface area (Å²) in [5.74, 6) is -0.282. The zero-order chi connectivity index (χ0) is 18.8. The molecule has 0 spiro atoms. The molecule has 2 N–H and O–H groups in total. The summed E-state index contributed by atoms with van der Waals surface area (Å²) in [7, 11) is -5.17. The van der Waals surface area contributed by atoms with E-state index in [1.165, 1.54) is 44.9 Å². The summed E-state index contributed by atoms with van der Waals surface area (Å²) in [6.45, 7) is 1.75. The summed E-state index contributed by atoms with van der Waals surface area (Å²) in [4.78, 5) is 11.3. The van der Waals surface area contributed by atoms with Crippen LogP contribution in [0.3, 0.4) is 0 Å². The number of rotatable bonds is 13. The molecule has 0 rings (SSSR count). The van der Waals surface area contributed by atoms with E-state index < -0.39 is 16.5 Å². The predicted octanol–water partition coefficient (Wildman–Crippen LogP) is -4.53. The van der Waals surface area contributed by atoms with E-state index in [1.54, 1.807) is 0 Å². The Hall–Kier alpha value is 1.26. The first-order valence-electron chi connectivity index (χ1n) is 8.32. The van der Waals surface area contributed by atoms with Crippen LogP contribution in [0.15, 0.2) is 0 Å². The second kappa shape index (κ2) is 24.3. The van der Waals surface area contributed by atoms with E-state index in [2.05, 4.69) is 6.92 Å². The predicted molar refractivity (Wildman–Crippen MR) is 86.4 cm³/mol. The fraction of sp³-hybridized carbons (Fsp3) is 0.933. The number of aliphatic hydroxyl groups excluding tert-OH is 2. The molecule has 8 nitrogen and oxygen atoms in total. The van der Waals surface area contributed by atoms with E-state index in [9.17, 15) is 4.79 Å². The molecule has 11 heteroatoms. The van der Waals surface area contributed by atoms with Gasteiger partial charge in [-0.15, -0.1) is 0 Å². The molecule has 0 bridgehead atoms. The van der Waals surface area contributed by atoms with Crippen LogP contribution in [-0.2, 0) is 19.9 Å². The Balaban J connectivity index is -0.000000304. The van der Waals surface area contributed by atoms with Crippen LogP contribution < -0.4 is 59.1 Å².